The van der Waals surface area contributed by atoms with Crippen LogP contribution < -0.4 is 5.32 Å². The maximum Gasteiger partial charge on any atom is 0.107 e. The molecule has 74 valence electrons. The molecule has 1 N–H and O–H groups in total. The molecule has 1 aromatic carbocycles. The van der Waals surface area contributed by atoms with Crippen molar-refractivity contribution >= 4 is 17.3 Å². The topological polar surface area (TPSA) is 21.3 Å². The minimum Gasteiger partial charge on any atom is -0.373 e. The number of hydrogen-bond donors (Lipinski definition) is 1. The van der Waals surface area contributed by atoms with E-state index >= 15 is 0 Å². The Morgan fingerprint density at radius 2 is 2.14 bits per heavy atom. The molecule has 0 atom stereocenters. The van der Waals surface area contributed by atoms with Crippen molar-refractivity contribution in [3.8, 4) is 11.8 Å². The standard InChI is InChI=1S/C11H12ClNO/c1-14-9-5-4-8-13-11-7-3-2-6-10(11)12/h2-3,6-7,13H,8-9H2,1H3. The molecule has 0 saturated heterocycles. The number of nitrogens with one attached hydrogen (secondary N) is 1. The lowest BCUT2D eigenvalue weighted by Crippen LogP contribution is -1.99. The molecule has 0 amide bonds. The number of rotatable bonds is 3. The van der Waals surface area contributed by atoms with Gasteiger partial charge >= 0.3 is 0 Å². The highest BCUT2D eigenvalue weighted by atomic mass is 35.5. The summed E-state index contributed by atoms with van der Waals surface area (Å²) in [5.41, 5.74) is 0.904. The second kappa shape index (κ2) is 6.31. The lowest BCUT2D eigenvalue weighted by molar-refractivity contribution is 0.239. The largest absolute Gasteiger partial charge is 0.373 e. The van der Waals surface area contributed by atoms with Gasteiger partial charge < -0.3 is 10.1 Å². The number of para-hydroxylation sites is 1. The summed E-state index contributed by atoms with van der Waals surface area (Å²) in [4.78, 5) is 0. The highest BCUT2D eigenvalue weighted by molar-refractivity contribution is 6.33. The molecule has 0 aromatic heterocycles. The fraction of sp³-hybridized carbons (Fsp3) is 0.273. The molecule has 2 nitrogen and oxygen atoms in total. The molecule has 0 heterocycles. The summed E-state index contributed by atoms with van der Waals surface area (Å²) in [5.74, 6) is 5.76. The van der Waals surface area contributed by atoms with Gasteiger partial charge in [0.05, 0.1) is 17.3 Å². The lowest BCUT2D eigenvalue weighted by atomic mass is 10.3. The number of anilines is 1. The van der Waals surface area contributed by atoms with Gasteiger partial charge in [-0.3, -0.25) is 0 Å². The molecule has 0 unspecified atom stereocenters. The zero-order valence-electron chi connectivity index (χ0n) is 8.01. The number of benzene rings is 1. The number of ether oxygens (including phenoxy) is 1. The van der Waals surface area contributed by atoms with Gasteiger partial charge in [0.25, 0.3) is 0 Å². The van der Waals surface area contributed by atoms with E-state index in [9.17, 15) is 0 Å². The van der Waals surface area contributed by atoms with Crippen molar-refractivity contribution in [2.45, 2.75) is 0 Å². The van der Waals surface area contributed by atoms with Gasteiger partial charge in [-0.15, -0.1) is 0 Å². The van der Waals surface area contributed by atoms with E-state index in [1.54, 1.807) is 7.11 Å². The SMILES string of the molecule is COCC#CCNc1ccccc1Cl. The van der Waals surface area contributed by atoms with Crippen molar-refractivity contribution < 1.29 is 4.74 Å². The first-order valence-corrected chi connectivity index (χ1v) is 4.65. The second-order valence-corrected chi connectivity index (χ2v) is 3.03. The monoisotopic (exact) mass is 209 g/mol. The Kier molecular flexibility index (Phi) is 4.92. The smallest absolute Gasteiger partial charge is 0.107 e. The quantitative estimate of drug-likeness (QED) is 0.772. The Hall–Kier alpha value is -1.17. The zero-order valence-corrected chi connectivity index (χ0v) is 8.77. The Morgan fingerprint density at radius 1 is 1.36 bits per heavy atom. The summed E-state index contributed by atoms with van der Waals surface area (Å²) in [6.45, 7) is 1.04. The maximum atomic E-state index is 5.93. The molecule has 0 fully saturated rings. The van der Waals surface area contributed by atoms with Crippen LogP contribution in [0.25, 0.3) is 0 Å². The third kappa shape index (κ3) is 3.69. The zero-order chi connectivity index (χ0) is 10.2. The molecule has 0 aliphatic rings. The van der Waals surface area contributed by atoms with Crippen LogP contribution in [0.1, 0.15) is 0 Å². The van der Waals surface area contributed by atoms with Crippen LogP contribution >= 0.6 is 11.6 Å². The van der Waals surface area contributed by atoms with Gasteiger partial charge in [-0.2, -0.15) is 0 Å². The first-order valence-electron chi connectivity index (χ1n) is 4.27. The van der Waals surface area contributed by atoms with Gasteiger partial charge in [-0.1, -0.05) is 35.6 Å². The highest BCUT2D eigenvalue weighted by Crippen LogP contribution is 2.19. The van der Waals surface area contributed by atoms with Crippen molar-refractivity contribution in [1.29, 1.82) is 0 Å². The minimum absolute atomic E-state index is 0.463. The maximum absolute atomic E-state index is 5.93. The van der Waals surface area contributed by atoms with E-state index in [2.05, 4.69) is 17.2 Å². The molecule has 1 rings (SSSR count). The molecule has 0 bridgehead atoms. The first kappa shape index (κ1) is 10.9. The van der Waals surface area contributed by atoms with Crippen LogP contribution in [0.4, 0.5) is 5.69 Å². The van der Waals surface area contributed by atoms with Crippen molar-refractivity contribution in [2.75, 3.05) is 25.6 Å². The summed E-state index contributed by atoms with van der Waals surface area (Å²) in [6, 6.07) is 7.58. The Balaban J connectivity index is 2.40. The van der Waals surface area contributed by atoms with E-state index in [1.807, 2.05) is 24.3 Å². The highest BCUT2D eigenvalue weighted by Gasteiger charge is 1.94. The Labute approximate surface area is 89.2 Å². The fourth-order valence-corrected chi connectivity index (χ4v) is 1.13. The molecule has 0 radical (unpaired) electrons. The summed E-state index contributed by atoms with van der Waals surface area (Å²) in [7, 11) is 1.62. The number of halogens is 1. The van der Waals surface area contributed by atoms with Gasteiger partial charge in [-0.05, 0) is 12.1 Å². The first-order chi connectivity index (χ1) is 6.84. The summed E-state index contributed by atoms with van der Waals surface area (Å²) < 4.78 is 4.79. The summed E-state index contributed by atoms with van der Waals surface area (Å²) >= 11 is 5.93. The summed E-state index contributed by atoms with van der Waals surface area (Å²) in [6.07, 6.45) is 0. The van der Waals surface area contributed by atoms with Crippen LogP contribution in [0, 0.1) is 11.8 Å². The van der Waals surface area contributed by atoms with Crippen molar-refractivity contribution in [3.05, 3.63) is 29.3 Å². The van der Waals surface area contributed by atoms with E-state index in [0.717, 1.165) is 5.69 Å². The second-order valence-electron chi connectivity index (χ2n) is 2.62. The molecule has 0 aliphatic carbocycles. The predicted octanol–water partition coefficient (Wildman–Crippen LogP) is 2.40. The van der Waals surface area contributed by atoms with Crippen LogP contribution in [-0.2, 0) is 4.74 Å². The summed E-state index contributed by atoms with van der Waals surface area (Å²) in [5, 5.41) is 3.82. The van der Waals surface area contributed by atoms with E-state index in [4.69, 9.17) is 16.3 Å². The van der Waals surface area contributed by atoms with Crippen molar-refractivity contribution in [1.82, 2.24) is 0 Å². The lowest BCUT2D eigenvalue weighted by Gasteiger charge is -2.03. The normalized spacial score (nSPS) is 9.00. The molecular weight excluding hydrogens is 198 g/mol. The van der Waals surface area contributed by atoms with Gasteiger partial charge in [0.15, 0.2) is 0 Å². The third-order valence-electron chi connectivity index (χ3n) is 1.58. The molecule has 0 aliphatic heterocycles. The Morgan fingerprint density at radius 3 is 2.86 bits per heavy atom. The molecule has 3 heteroatoms. The van der Waals surface area contributed by atoms with Crippen LogP contribution in [-0.4, -0.2) is 20.3 Å². The number of methoxy groups -OCH3 is 1. The average Bonchev–Trinajstić information content (AvgIpc) is 2.20. The van der Waals surface area contributed by atoms with Crippen LogP contribution in [0.5, 0.6) is 0 Å². The molecule has 1 aromatic rings. The predicted molar refractivity (Wildman–Crippen MR) is 59.6 cm³/mol. The van der Waals surface area contributed by atoms with E-state index in [1.165, 1.54) is 0 Å². The Bertz CT molecular complexity index is 341. The van der Waals surface area contributed by atoms with E-state index < -0.39 is 0 Å². The van der Waals surface area contributed by atoms with Crippen molar-refractivity contribution in [2.24, 2.45) is 0 Å². The van der Waals surface area contributed by atoms with Gasteiger partial charge in [-0.25, -0.2) is 0 Å². The molecular formula is C11H12ClNO. The third-order valence-corrected chi connectivity index (χ3v) is 1.91. The van der Waals surface area contributed by atoms with Gasteiger partial charge in [0.2, 0.25) is 0 Å². The number of hydrogen-bond acceptors (Lipinski definition) is 2. The van der Waals surface area contributed by atoms with E-state index in [0.29, 0.717) is 18.2 Å². The van der Waals surface area contributed by atoms with Crippen LogP contribution in [0.15, 0.2) is 24.3 Å². The molecule has 0 spiro atoms. The molecule has 0 saturated carbocycles. The van der Waals surface area contributed by atoms with Crippen molar-refractivity contribution in [3.63, 3.8) is 0 Å². The molecule has 14 heavy (non-hydrogen) atoms. The van der Waals surface area contributed by atoms with Crippen LogP contribution in [0.3, 0.4) is 0 Å². The van der Waals surface area contributed by atoms with Gasteiger partial charge in [0, 0.05) is 7.11 Å². The average molecular weight is 210 g/mol. The van der Waals surface area contributed by atoms with Crippen LogP contribution in [0.2, 0.25) is 5.02 Å². The minimum atomic E-state index is 0.463. The van der Waals surface area contributed by atoms with E-state index in [-0.39, 0.29) is 0 Å². The van der Waals surface area contributed by atoms with Gasteiger partial charge in [0.1, 0.15) is 6.61 Å². The fourth-order valence-electron chi connectivity index (χ4n) is 0.930.